The number of nitrogens with one attached hydrogen (secondary N) is 1. The Balaban J connectivity index is 1.66. The molecule has 1 aliphatic rings. The van der Waals surface area contributed by atoms with Crippen molar-refractivity contribution in [3.63, 3.8) is 0 Å². The first kappa shape index (κ1) is 22.9. The van der Waals surface area contributed by atoms with Crippen molar-refractivity contribution in [3.05, 3.63) is 41.0 Å². The largest absolute Gasteiger partial charge is 0.481 e. The van der Waals surface area contributed by atoms with Crippen LogP contribution in [0.1, 0.15) is 38.2 Å². The molecule has 0 aliphatic heterocycles. The van der Waals surface area contributed by atoms with Gasteiger partial charge in [-0.1, -0.05) is 48.1 Å². The maximum atomic E-state index is 13.1. The van der Waals surface area contributed by atoms with E-state index in [2.05, 4.69) is 17.2 Å². The van der Waals surface area contributed by atoms with Crippen LogP contribution in [-0.4, -0.2) is 45.3 Å². The van der Waals surface area contributed by atoms with Gasteiger partial charge in [0.15, 0.2) is 5.13 Å². The molecule has 6 nitrogen and oxygen atoms in total. The fourth-order valence-electron chi connectivity index (χ4n) is 3.63. The third-order valence-corrected chi connectivity index (χ3v) is 7.76. The number of hydrogen-bond acceptors (Lipinski definition) is 5. The molecule has 2 N–H and O–H groups in total. The Bertz CT molecular complexity index is 869. The molecule has 1 heterocycles. The number of rotatable bonds is 8. The minimum atomic E-state index is -0.878. The van der Waals surface area contributed by atoms with Crippen LogP contribution in [0.2, 0.25) is 5.02 Å². The zero-order valence-electron chi connectivity index (χ0n) is 16.8. The summed E-state index contributed by atoms with van der Waals surface area (Å²) < 4.78 is 0.766. The van der Waals surface area contributed by atoms with E-state index < -0.39 is 5.97 Å². The van der Waals surface area contributed by atoms with Crippen molar-refractivity contribution in [2.75, 3.05) is 17.6 Å². The summed E-state index contributed by atoms with van der Waals surface area (Å²) in [5.74, 6) is -0.210. The van der Waals surface area contributed by atoms with Crippen molar-refractivity contribution in [1.29, 1.82) is 0 Å². The monoisotopic (exact) mass is 467 g/mol. The molecule has 0 atom stereocenters. The molecule has 0 bridgehead atoms. The number of hydrogen-bond donors (Lipinski definition) is 2. The molecule has 0 unspecified atom stereocenters. The van der Waals surface area contributed by atoms with Crippen LogP contribution in [0.15, 0.2) is 34.7 Å². The SMILES string of the molecule is CC1CCC(N(CCc2ccccc2Cl)C(=O)Nc2ncc(SCC(=O)O)s2)CC1. The fraction of sp³-hybridized carbons (Fsp3) is 0.476. The van der Waals surface area contributed by atoms with Gasteiger partial charge in [0.25, 0.3) is 0 Å². The zero-order chi connectivity index (χ0) is 21.5. The number of thioether (sulfide) groups is 1. The van der Waals surface area contributed by atoms with E-state index in [1.54, 1.807) is 6.20 Å². The molecular formula is C21H26ClN3O3S2. The first-order valence-corrected chi connectivity index (χ1v) is 12.2. The molecule has 1 aliphatic carbocycles. The Labute approximate surface area is 190 Å². The standard InChI is InChI=1S/C21H26ClN3O3S2/c1-14-6-8-16(9-7-14)25(11-10-15-4-2-3-5-17(15)22)21(28)24-20-23-12-19(30-20)29-13-18(26)27/h2-5,12,14,16H,6-11,13H2,1H3,(H,26,27)(H,23,24,28). The van der Waals surface area contributed by atoms with E-state index in [1.165, 1.54) is 23.1 Å². The van der Waals surface area contributed by atoms with Crippen molar-refractivity contribution in [1.82, 2.24) is 9.88 Å². The van der Waals surface area contributed by atoms with E-state index in [-0.39, 0.29) is 17.8 Å². The second kappa shape index (κ2) is 11.0. The molecule has 0 radical (unpaired) electrons. The van der Waals surface area contributed by atoms with Gasteiger partial charge in [-0.15, -0.1) is 11.8 Å². The van der Waals surface area contributed by atoms with E-state index in [4.69, 9.17) is 16.7 Å². The number of carboxylic acids is 1. The van der Waals surface area contributed by atoms with Gasteiger partial charge < -0.3 is 10.0 Å². The average molecular weight is 468 g/mol. The summed E-state index contributed by atoms with van der Waals surface area (Å²) in [6.07, 6.45) is 6.52. The normalized spacial score (nSPS) is 18.7. The molecule has 0 saturated heterocycles. The number of aliphatic carboxylic acids is 1. The topological polar surface area (TPSA) is 82.5 Å². The Hall–Kier alpha value is -1.77. The lowest BCUT2D eigenvalue weighted by Gasteiger charge is -2.36. The van der Waals surface area contributed by atoms with Crippen LogP contribution in [0.4, 0.5) is 9.93 Å². The highest BCUT2D eigenvalue weighted by molar-refractivity contribution is 8.01. The summed E-state index contributed by atoms with van der Waals surface area (Å²) in [6, 6.07) is 7.76. The molecule has 30 heavy (non-hydrogen) atoms. The van der Waals surface area contributed by atoms with E-state index in [0.717, 1.165) is 40.5 Å². The molecule has 0 spiro atoms. The van der Waals surface area contributed by atoms with Gasteiger partial charge in [-0.3, -0.25) is 10.1 Å². The number of nitrogens with zero attached hydrogens (tertiary/aromatic N) is 2. The molecule has 1 fully saturated rings. The van der Waals surface area contributed by atoms with Crippen LogP contribution >= 0.6 is 34.7 Å². The molecule has 1 aromatic heterocycles. The predicted molar refractivity (Wildman–Crippen MR) is 123 cm³/mol. The highest BCUT2D eigenvalue weighted by Gasteiger charge is 2.28. The number of carbonyl (C=O) groups excluding carboxylic acids is 1. The third kappa shape index (κ3) is 6.62. The van der Waals surface area contributed by atoms with Crippen LogP contribution in [0.5, 0.6) is 0 Å². The van der Waals surface area contributed by atoms with Gasteiger partial charge in [-0.2, -0.15) is 0 Å². The van der Waals surface area contributed by atoms with Crippen LogP contribution in [0.25, 0.3) is 0 Å². The van der Waals surface area contributed by atoms with Crippen LogP contribution in [-0.2, 0) is 11.2 Å². The van der Waals surface area contributed by atoms with Crippen LogP contribution < -0.4 is 5.32 Å². The molecular weight excluding hydrogens is 442 g/mol. The van der Waals surface area contributed by atoms with Gasteiger partial charge in [-0.05, 0) is 49.7 Å². The van der Waals surface area contributed by atoms with Gasteiger partial charge in [-0.25, -0.2) is 9.78 Å². The molecule has 3 rings (SSSR count). The summed E-state index contributed by atoms with van der Waals surface area (Å²) >= 11 is 8.80. The number of amides is 2. The second-order valence-electron chi connectivity index (χ2n) is 7.55. The summed E-state index contributed by atoms with van der Waals surface area (Å²) in [7, 11) is 0. The maximum Gasteiger partial charge on any atom is 0.323 e. The summed E-state index contributed by atoms with van der Waals surface area (Å²) in [4.78, 5) is 30.0. The van der Waals surface area contributed by atoms with Crippen molar-refractivity contribution >= 4 is 51.8 Å². The number of carbonyl (C=O) groups is 2. The smallest absolute Gasteiger partial charge is 0.323 e. The first-order chi connectivity index (χ1) is 14.4. The number of thiazole rings is 1. The second-order valence-corrected chi connectivity index (χ2v) is 10.3. The fourth-order valence-corrected chi connectivity index (χ4v) is 5.44. The predicted octanol–water partition coefficient (Wildman–Crippen LogP) is 5.63. The lowest BCUT2D eigenvalue weighted by Crippen LogP contribution is -2.45. The van der Waals surface area contributed by atoms with Crippen molar-refractivity contribution in [2.45, 2.75) is 49.3 Å². The van der Waals surface area contributed by atoms with E-state index in [0.29, 0.717) is 24.0 Å². The van der Waals surface area contributed by atoms with Gasteiger partial charge >= 0.3 is 12.0 Å². The molecule has 162 valence electrons. The van der Waals surface area contributed by atoms with Gasteiger partial charge in [0, 0.05) is 17.6 Å². The van der Waals surface area contributed by atoms with Crippen molar-refractivity contribution in [2.24, 2.45) is 5.92 Å². The van der Waals surface area contributed by atoms with Crippen molar-refractivity contribution < 1.29 is 14.7 Å². The summed E-state index contributed by atoms with van der Waals surface area (Å²) in [6.45, 7) is 2.84. The van der Waals surface area contributed by atoms with Crippen LogP contribution in [0.3, 0.4) is 0 Å². The first-order valence-electron chi connectivity index (χ1n) is 10.0. The van der Waals surface area contributed by atoms with E-state index in [1.807, 2.05) is 29.2 Å². The molecule has 2 aromatic rings. The van der Waals surface area contributed by atoms with Gasteiger partial charge in [0.1, 0.15) is 0 Å². The quantitative estimate of drug-likeness (QED) is 0.491. The zero-order valence-corrected chi connectivity index (χ0v) is 19.2. The van der Waals surface area contributed by atoms with E-state index in [9.17, 15) is 9.59 Å². The number of urea groups is 1. The number of halogens is 1. The summed E-state index contributed by atoms with van der Waals surface area (Å²) in [5.41, 5.74) is 1.03. The van der Waals surface area contributed by atoms with Gasteiger partial charge in [0.2, 0.25) is 0 Å². The number of aromatic nitrogens is 1. The number of carboxylic acid groups (broad SMARTS) is 1. The third-order valence-electron chi connectivity index (χ3n) is 5.30. The molecule has 1 saturated carbocycles. The maximum absolute atomic E-state index is 13.1. The summed E-state index contributed by atoms with van der Waals surface area (Å²) in [5, 5.41) is 12.9. The number of anilines is 1. The van der Waals surface area contributed by atoms with E-state index >= 15 is 0 Å². The Kier molecular flexibility index (Phi) is 8.41. The molecule has 2 amide bonds. The van der Waals surface area contributed by atoms with Gasteiger partial charge in [0.05, 0.1) is 16.2 Å². The molecule has 1 aromatic carbocycles. The van der Waals surface area contributed by atoms with Crippen molar-refractivity contribution in [3.8, 4) is 0 Å². The highest BCUT2D eigenvalue weighted by atomic mass is 35.5. The minimum absolute atomic E-state index is 0.0280. The Morgan fingerprint density at radius 1 is 1.30 bits per heavy atom. The average Bonchev–Trinajstić information content (AvgIpc) is 3.16. The molecule has 9 heteroatoms. The highest BCUT2D eigenvalue weighted by Crippen LogP contribution is 2.30. The number of benzene rings is 1. The Morgan fingerprint density at radius 3 is 2.73 bits per heavy atom. The lowest BCUT2D eigenvalue weighted by molar-refractivity contribution is -0.133. The van der Waals surface area contributed by atoms with Crippen LogP contribution in [0, 0.1) is 5.92 Å². The minimum Gasteiger partial charge on any atom is -0.481 e. The lowest BCUT2D eigenvalue weighted by atomic mass is 9.86. The Morgan fingerprint density at radius 2 is 2.03 bits per heavy atom.